The fourth-order valence-electron chi connectivity index (χ4n) is 3.21. The standard InChI is InChI=1S/C25H25ClN2O6/c1-4-5-13-33-25(32)18-11-6-7-12-19(18)28-22(29)20(26)21(23(28)30)27-17-10-8-9-16(14-17)24(31)34-15(2)3/h6-12,14-15,27H,4-5,13H2,1-3H3. The number of nitrogens with one attached hydrogen (secondary N) is 1. The minimum absolute atomic E-state index is 0.0724. The molecule has 2 aromatic carbocycles. The predicted octanol–water partition coefficient (Wildman–Crippen LogP) is 4.64. The summed E-state index contributed by atoms with van der Waals surface area (Å²) in [5, 5.41) is 2.48. The van der Waals surface area contributed by atoms with Crippen LogP contribution in [0.25, 0.3) is 0 Å². The highest BCUT2D eigenvalue weighted by Crippen LogP contribution is 2.32. The lowest BCUT2D eigenvalue weighted by molar-refractivity contribution is -0.120. The molecule has 8 nitrogen and oxygen atoms in total. The van der Waals surface area contributed by atoms with Crippen LogP contribution in [-0.2, 0) is 19.1 Å². The number of benzene rings is 2. The summed E-state index contributed by atoms with van der Waals surface area (Å²) in [6.45, 7) is 5.67. The van der Waals surface area contributed by atoms with Gasteiger partial charge in [0.2, 0.25) is 0 Å². The predicted molar refractivity (Wildman–Crippen MR) is 128 cm³/mol. The molecule has 34 heavy (non-hydrogen) atoms. The maximum atomic E-state index is 13.2. The van der Waals surface area contributed by atoms with Crippen LogP contribution in [-0.4, -0.2) is 36.5 Å². The molecule has 0 fully saturated rings. The van der Waals surface area contributed by atoms with Crippen LogP contribution in [0.15, 0.2) is 59.3 Å². The van der Waals surface area contributed by atoms with Crippen LogP contribution >= 0.6 is 11.6 Å². The molecule has 1 aliphatic rings. The lowest BCUT2D eigenvalue weighted by Crippen LogP contribution is -2.33. The number of esters is 2. The van der Waals surface area contributed by atoms with E-state index in [1.165, 1.54) is 18.2 Å². The molecule has 1 heterocycles. The molecule has 0 aromatic heterocycles. The molecule has 0 atom stereocenters. The third-order valence-electron chi connectivity index (χ3n) is 4.83. The van der Waals surface area contributed by atoms with E-state index >= 15 is 0 Å². The van der Waals surface area contributed by atoms with Gasteiger partial charge in [0, 0.05) is 5.69 Å². The lowest BCUT2D eigenvalue weighted by Gasteiger charge is -2.18. The van der Waals surface area contributed by atoms with Gasteiger partial charge in [-0.1, -0.05) is 43.1 Å². The molecule has 0 bridgehead atoms. The van der Waals surface area contributed by atoms with Gasteiger partial charge in [-0.15, -0.1) is 0 Å². The molecular weight excluding hydrogens is 460 g/mol. The number of amides is 2. The number of imide groups is 1. The van der Waals surface area contributed by atoms with Gasteiger partial charge in [-0.3, -0.25) is 9.59 Å². The SMILES string of the molecule is CCCCOC(=O)c1ccccc1N1C(=O)C(Cl)=C(Nc2cccc(C(=O)OC(C)C)c2)C1=O. The Bertz CT molecular complexity index is 1160. The van der Waals surface area contributed by atoms with Gasteiger partial charge in [-0.25, -0.2) is 14.5 Å². The number of rotatable bonds is 9. The molecule has 1 aliphatic heterocycles. The van der Waals surface area contributed by atoms with Crippen LogP contribution in [0.4, 0.5) is 11.4 Å². The molecule has 0 saturated heterocycles. The Morgan fingerprint density at radius 1 is 1.03 bits per heavy atom. The van der Waals surface area contributed by atoms with Gasteiger partial charge < -0.3 is 14.8 Å². The van der Waals surface area contributed by atoms with E-state index in [-0.39, 0.29) is 40.3 Å². The van der Waals surface area contributed by atoms with E-state index in [1.54, 1.807) is 44.2 Å². The fraction of sp³-hybridized carbons (Fsp3) is 0.280. The first-order valence-corrected chi connectivity index (χ1v) is 11.2. The van der Waals surface area contributed by atoms with Gasteiger partial charge in [0.05, 0.1) is 29.5 Å². The van der Waals surface area contributed by atoms with Crippen molar-refractivity contribution in [2.45, 2.75) is 39.7 Å². The van der Waals surface area contributed by atoms with Crippen molar-refractivity contribution < 1.29 is 28.7 Å². The number of hydrogen-bond donors (Lipinski definition) is 1. The van der Waals surface area contributed by atoms with E-state index in [4.69, 9.17) is 21.1 Å². The highest BCUT2D eigenvalue weighted by Gasteiger charge is 2.40. The van der Waals surface area contributed by atoms with Crippen LogP contribution in [0.3, 0.4) is 0 Å². The molecule has 0 unspecified atom stereocenters. The summed E-state index contributed by atoms with van der Waals surface area (Å²) in [5.41, 5.74) is 0.605. The molecule has 3 rings (SSSR count). The average Bonchev–Trinajstić information content (AvgIpc) is 3.02. The number of hydrogen-bond acceptors (Lipinski definition) is 7. The van der Waals surface area contributed by atoms with Crippen molar-refractivity contribution in [3.63, 3.8) is 0 Å². The molecule has 2 amide bonds. The Morgan fingerprint density at radius 3 is 2.47 bits per heavy atom. The quantitative estimate of drug-likeness (QED) is 0.314. The Morgan fingerprint density at radius 2 is 1.76 bits per heavy atom. The molecule has 9 heteroatoms. The smallest absolute Gasteiger partial charge is 0.340 e. The number of anilines is 2. The second-order valence-corrected chi connectivity index (χ2v) is 8.18. The van der Waals surface area contributed by atoms with Gasteiger partial charge in [-0.2, -0.15) is 0 Å². The Hall–Kier alpha value is -3.65. The van der Waals surface area contributed by atoms with E-state index < -0.39 is 23.8 Å². The summed E-state index contributed by atoms with van der Waals surface area (Å²) in [6.07, 6.45) is 1.25. The minimum atomic E-state index is -0.779. The number of carbonyl (C=O) groups is 4. The van der Waals surface area contributed by atoms with E-state index in [9.17, 15) is 19.2 Å². The fourth-order valence-corrected chi connectivity index (χ4v) is 3.42. The number of unbranched alkanes of at least 4 members (excludes halogenated alkanes) is 1. The molecular formula is C25H25ClN2O6. The normalized spacial score (nSPS) is 13.5. The van der Waals surface area contributed by atoms with Crippen molar-refractivity contribution in [3.8, 4) is 0 Å². The summed E-state index contributed by atoms with van der Waals surface area (Å²) in [6, 6.07) is 12.4. The first-order valence-electron chi connectivity index (χ1n) is 10.9. The maximum Gasteiger partial charge on any atom is 0.340 e. The zero-order valence-corrected chi connectivity index (χ0v) is 19.8. The monoisotopic (exact) mass is 484 g/mol. The molecule has 0 saturated carbocycles. The Labute approximate surface area is 202 Å². The Balaban J connectivity index is 1.85. The van der Waals surface area contributed by atoms with Crippen molar-refractivity contribution in [3.05, 3.63) is 70.4 Å². The number of nitrogens with zero attached hydrogens (tertiary/aromatic N) is 1. The first kappa shape index (κ1) is 25.0. The lowest BCUT2D eigenvalue weighted by atomic mass is 10.1. The largest absolute Gasteiger partial charge is 0.462 e. The first-order chi connectivity index (χ1) is 16.2. The van der Waals surface area contributed by atoms with Crippen molar-refractivity contribution in [2.24, 2.45) is 0 Å². The molecule has 0 radical (unpaired) electrons. The highest BCUT2D eigenvalue weighted by atomic mass is 35.5. The van der Waals surface area contributed by atoms with E-state index in [0.717, 1.165) is 11.3 Å². The third-order valence-corrected chi connectivity index (χ3v) is 5.18. The summed E-state index contributed by atoms with van der Waals surface area (Å²) in [5.74, 6) is -2.68. The van der Waals surface area contributed by atoms with Crippen molar-refractivity contribution in [1.29, 1.82) is 0 Å². The third kappa shape index (κ3) is 5.46. The molecule has 178 valence electrons. The Kier molecular flexibility index (Phi) is 8.07. The summed E-state index contributed by atoms with van der Waals surface area (Å²) in [7, 11) is 0. The number of para-hydroxylation sites is 1. The van der Waals surface area contributed by atoms with Crippen LogP contribution in [0.1, 0.15) is 54.3 Å². The summed E-state index contributed by atoms with van der Waals surface area (Å²) in [4.78, 5) is 51.7. The van der Waals surface area contributed by atoms with Crippen molar-refractivity contribution in [1.82, 2.24) is 0 Å². The average molecular weight is 485 g/mol. The molecule has 0 spiro atoms. The van der Waals surface area contributed by atoms with Crippen molar-refractivity contribution in [2.75, 3.05) is 16.8 Å². The molecule has 2 aromatic rings. The number of ether oxygens (including phenoxy) is 2. The topological polar surface area (TPSA) is 102 Å². The van der Waals surface area contributed by atoms with Gasteiger partial charge in [0.1, 0.15) is 10.7 Å². The van der Waals surface area contributed by atoms with E-state index in [2.05, 4.69) is 5.32 Å². The van der Waals surface area contributed by atoms with Gasteiger partial charge in [-0.05, 0) is 50.6 Å². The maximum absolute atomic E-state index is 13.2. The summed E-state index contributed by atoms with van der Waals surface area (Å²) >= 11 is 6.22. The van der Waals surface area contributed by atoms with Gasteiger partial charge in [0.15, 0.2) is 0 Å². The zero-order valence-electron chi connectivity index (χ0n) is 19.1. The number of carbonyl (C=O) groups excluding carboxylic acids is 4. The molecule has 0 aliphatic carbocycles. The second kappa shape index (κ2) is 11.0. The van der Waals surface area contributed by atoms with Gasteiger partial charge >= 0.3 is 11.9 Å². The molecule has 1 N–H and O–H groups in total. The minimum Gasteiger partial charge on any atom is -0.462 e. The van der Waals surface area contributed by atoms with E-state index in [0.29, 0.717) is 12.1 Å². The van der Waals surface area contributed by atoms with Crippen molar-refractivity contribution >= 4 is 46.7 Å². The zero-order chi connectivity index (χ0) is 24.8. The number of halogens is 1. The van der Waals surface area contributed by atoms with Gasteiger partial charge in [0.25, 0.3) is 11.8 Å². The van der Waals surface area contributed by atoms with Crippen LogP contribution in [0.5, 0.6) is 0 Å². The summed E-state index contributed by atoms with van der Waals surface area (Å²) < 4.78 is 10.4. The van der Waals surface area contributed by atoms with Crippen LogP contribution < -0.4 is 10.2 Å². The second-order valence-electron chi connectivity index (χ2n) is 7.80. The van der Waals surface area contributed by atoms with E-state index in [1.807, 2.05) is 6.92 Å². The van der Waals surface area contributed by atoms with Crippen LogP contribution in [0.2, 0.25) is 0 Å². The van der Waals surface area contributed by atoms with Crippen LogP contribution in [0, 0.1) is 0 Å². The highest BCUT2D eigenvalue weighted by molar-refractivity contribution is 6.53.